The lowest BCUT2D eigenvalue weighted by Crippen LogP contribution is -2.18. The predicted octanol–water partition coefficient (Wildman–Crippen LogP) is 3.29. The highest BCUT2D eigenvalue weighted by Crippen LogP contribution is 2.16. The van der Waals surface area contributed by atoms with Gasteiger partial charge in [0.1, 0.15) is 0 Å². The van der Waals surface area contributed by atoms with Gasteiger partial charge < -0.3 is 0 Å². The van der Waals surface area contributed by atoms with Crippen LogP contribution in [0.2, 0.25) is 0 Å². The van der Waals surface area contributed by atoms with Gasteiger partial charge in [0.2, 0.25) is 0 Å². The van der Waals surface area contributed by atoms with E-state index in [-0.39, 0.29) is 11.0 Å². The Labute approximate surface area is 70.9 Å². The first-order valence-electron chi connectivity index (χ1n) is 4.33. The van der Waals surface area contributed by atoms with Crippen LogP contribution in [0.3, 0.4) is 0 Å². The third-order valence-corrected chi connectivity index (χ3v) is 1.67. The van der Waals surface area contributed by atoms with Crippen molar-refractivity contribution < 1.29 is 0 Å². The van der Waals surface area contributed by atoms with Crippen LogP contribution < -0.4 is 0 Å². The van der Waals surface area contributed by atoms with E-state index >= 15 is 0 Å². The van der Waals surface area contributed by atoms with Crippen LogP contribution in [0.4, 0.5) is 0 Å². The van der Waals surface area contributed by atoms with Crippen LogP contribution in [-0.4, -0.2) is 11.8 Å². The lowest BCUT2D eigenvalue weighted by Gasteiger charge is -2.19. The summed E-state index contributed by atoms with van der Waals surface area (Å²) in [4.78, 5) is 4.52. The van der Waals surface area contributed by atoms with Crippen molar-refractivity contribution in [2.45, 2.75) is 53.5 Å². The molecule has 11 heavy (non-hydrogen) atoms. The molecular weight excluding hydrogens is 134 g/mol. The van der Waals surface area contributed by atoms with Gasteiger partial charge in [0.25, 0.3) is 0 Å². The molecule has 0 aromatic heterocycles. The van der Waals surface area contributed by atoms with E-state index in [0.29, 0.717) is 0 Å². The van der Waals surface area contributed by atoms with Crippen LogP contribution in [0.25, 0.3) is 0 Å². The first-order chi connectivity index (χ1) is 4.77. The Bertz CT molecular complexity index is 137. The summed E-state index contributed by atoms with van der Waals surface area (Å²) in [7, 11) is 0. The third kappa shape index (κ3) is 6.08. The normalized spacial score (nSPS) is 14.4. The Morgan fingerprint density at radius 3 is 1.82 bits per heavy atom. The lowest BCUT2D eigenvalue weighted by atomic mass is 9.97. The van der Waals surface area contributed by atoms with Gasteiger partial charge in [-0.25, -0.2) is 0 Å². The van der Waals surface area contributed by atoms with Gasteiger partial charge in [-0.1, -0.05) is 27.7 Å². The minimum absolute atomic E-state index is 0.118. The molecule has 0 N–H and O–H groups in total. The zero-order valence-electron chi connectivity index (χ0n) is 8.73. The highest BCUT2D eigenvalue weighted by Gasteiger charge is 2.13. The van der Waals surface area contributed by atoms with Gasteiger partial charge in [0, 0.05) is 6.21 Å². The second kappa shape index (κ2) is 3.38. The SMILES string of the molecule is CCC(C)(C)/N=C/C(C)(C)C. The number of nitrogens with zero attached hydrogens (tertiary/aromatic N) is 1. The van der Waals surface area contributed by atoms with Crippen LogP contribution in [-0.2, 0) is 0 Å². The molecule has 0 heterocycles. The van der Waals surface area contributed by atoms with Crippen molar-refractivity contribution in [2.24, 2.45) is 10.4 Å². The van der Waals surface area contributed by atoms with Gasteiger partial charge in [0.05, 0.1) is 5.54 Å². The summed E-state index contributed by atoms with van der Waals surface area (Å²) in [5, 5.41) is 0. The minimum Gasteiger partial charge on any atom is -0.291 e. The Morgan fingerprint density at radius 1 is 1.09 bits per heavy atom. The molecule has 0 saturated heterocycles. The molecule has 0 bridgehead atoms. The molecule has 1 nitrogen and oxygen atoms in total. The fourth-order valence-electron chi connectivity index (χ4n) is 0.460. The quantitative estimate of drug-likeness (QED) is 0.543. The predicted molar refractivity (Wildman–Crippen MR) is 52.3 cm³/mol. The first-order valence-corrected chi connectivity index (χ1v) is 4.33. The smallest absolute Gasteiger partial charge is 0.0545 e. The Morgan fingerprint density at radius 2 is 1.55 bits per heavy atom. The molecular formula is C10H21N. The largest absolute Gasteiger partial charge is 0.291 e. The second-order valence-electron chi connectivity index (χ2n) is 4.79. The van der Waals surface area contributed by atoms with E-state index < -0.39 is 0 Å². The van der Waals surface area contributed by atoms with E-state index in [1.165, 1.54) is 0 Å². The van der Waals surface area contributed by atoms with Crippen molar-refractivity contribution in [2.75, 3.05) is 0 Å². The van der Waals surface area contributed by atoms with E-state index in [1.54, 1.807) is 0 Å². The molecule has 0 atom stereocenters. The summed E-state index contributed by atoms with van der Waals surface area (Å²) in [5.74, 6) is 0. The molecule has 0 aliphatic rings. The van der Waals surface area contributed by atoms with E-state index in [2.05, 4.69) is 52.7 Å². The van der Waals surface area contributed by atoms with Crippen molar-refractivity contribution in [1.82, 2.24) is 0 Å². The molecule has 0 aliphatic heterocycles. The van der Waals surface area contributed by atoms with Gasteiger partial charge in [-0.3, -0.25) is 4.99 Å². The Balaban J connectivity index is 4.13. The third-order valence-electron chi connectivity index (χ3n) is 1.67. The second-order valence-corrected chi connectivity index (χ2v) is 4.79. The summed E-state index contributed by atoms with van der Waals surface area (Å²) < 4.78 is 0. The summed E-state index contributed by atoms with van der Waals surface area (Å²) in [6.45, 7) is 13.0. The van der Waals surface area contributed by atoms with E-state index in [1.807, 2.05) is 0 Å². The zero-order valence-corrected chi connectivity index (χ0v) is 8.73. The van der Waals surface area contributed by atoms with Gasteiger partial charge in [-0.2, -0.15) is 0 Å². The standard InChI is InChI=1S/C10H21N/c1-7-10(5,6)11-8-9(2,3)4/h8H,7H2,1-6H3/b11-8+. The summed E-state index contributed by atoms with van der Waals surface area (Å²) >= 11 is 0. The van der Waals surface area contributed by atoms with Crippen LogP contribution in [0.15, 0.2) is 4.99 Å². The molecule has 0 aromatic carbocycles. The highest BCUT2D eigenvalue weighted by atomic mass is 14.8. The number of hydrogen-bond donors (Lipinski definition) is 0. The summed E-state index contributed by atoms with van der Waals surface area (Å²) in [6, 6.07) is 0. The van der Waals surface area contributed by atoms with Crippen LogP contribution in [0, 0.1) is 5.41 Å². The van der Waals surface area contributed by atoms with E-state index in [4.69, 9.17) is 0 Å². The van der Waals surface area contributed by atoms with E-state index in [9.17, 15) is 0 Å². The lowest BCUT2D eigenvalue weighted by molar-refractivity contribution is 0.494. The molecule has 0 unspecified atom stereocenters. The van der Waals surface area contributed by atoms with Crippen LogP contribution >= 0.6 is 0 Å². The molecule has 0 aliphatic carbocycles. The molecule has 0 spiro atoms. The van der Waals surface area contributed by atoms with Gasteiger partial charge in [-0.05, 0) is 25.7 Å². The Hall–Kier alpha value is -0.330. The monoisotopic (exact) mass is 155 g/mol. The van der Waals surface area contributed by atoms with Crippen molar-refractivity contribution in [3.05, 3.63) is 0 Å². The minimum atomic E-state index is 0.118. The summed E-state index contributed by atoms with van der Waals surface area (Å²) in [5.41, 5.74) is 0.333. The highest BCUT2D eigenvalue weighted by molar-refractivity contribution is 5.64. The molecule has 0 radical (unpaired) electrons. The molecule has 66 valence electrons. The van der Waals surface area contributed by atoms with Crippen LogP contribution in [0.1, 0.15) is 48.0 Å². The maximum Gasteiger partial charge on any atom is 0.0545 e. The van der Waals surface area contributed by atoms with Crippen molar-refractivity contribution in [3.8, 4) is 0 Å². The van der Waals surface area contributed by atoms with Gasteiger partial charge >= 0.3 is 0 Å². The van der Waals surface area contributed by atoms with Gasteiger partial charge in [-0.15, -0.1) is 0 Å². The maximum atomic E-state index is 4.52. The topological polar surface area (TPSA) is 12.4 Å². The zero-order chi connectivity index (χ0) is 9.12. The van der Waals surface area contributed by atoms with Crippen molar-refractivity contribution in [3.63, 3.8) is 0 Å². The summed E-state index contributed by atoms with van der Waals surface area (Å²) in [6.07, 6.45) is 3.15. The van der Waals surface area contributed by atoms with Crippen molar-refractivity contribution in [1.29, 1.82) is 0 Å². The molecule has 1 heteroatoms. The van der Waals surface area contributed by atoms with Crippen molar-refractivity contribution >= 4 is 6.21 Å². The van der Waals surface area contributed by atoms with Gasteiger partial charge in [0.15, 0.2) is 0 Å². The molecule has 0 saturated carbocycles. The van der Waals surface area contributed by atoms with E-state index in [0.717, 1.165) is 6.42 Å². The number of rotatable bonds is 2. The Kier molecular flexibility index (Phi) is 3.28. The molecule has 0 amide bonds. The first kappa shape index (κ1) is 10.7. The molecule has 0 fully saturated rings. The fourth-order valence-corrected chi connectivity index (χ4v) is 0.460. The average molecular weight is 155 g/mol. The number of hydrogen-bond acceptors (Lipinski definition) is 1. The maximum absolute atomic E-state index is 4.52. The van der Waals surface area contributed by atoms with Crippen LogP contribution in [0.5, 0.6) is 0 Å². The molecule has 0 aromatic rings. The molecule has 0 rings (SSSR count). The fraction of sp³-hybridized carbons (Fsp3) is 0.900. The average Bonchev–Trinajstić information content (AvgIpc) is 1.83. The number of aliphatic imine (C=N–C) groups is 1.